The predicted octanol–water partition coefficient (Wildman–Crippen LogP) is 3.87. The van der Waals surface area contributed by atoms with Crippen LogP contribution in [-0.2, 0) is 11.3 Å². The number of likely N-dealkylation sites (N-methyl/N-ethyl adjacent to an activating group) is 1. The predicted molar refractivity (Wildman–Crippen MR) is 86.7 cm³/mol. The Balaban J connectivity index is 1.99. The normalized spacial score (nSPS) is 12.0. The summed E-state index contributed by atoms with van der Waals surface area (Å²) in [4.78, 5) is 15.5. The summed E-state index contributed by atoms with van der Waals surface area (Å²) in [5.74, 6) is 0.760. The monoisotopic (exact) mass is 303 g/mol. The third kappa shape index (κ3) is 4.33. The van der Waals surface area contributed by atoms with E-state index in [4.69, 9.17) is 4.74 Å². The number of carbonyl (C=O) groups excluding carboxylic acids is 1. The summed E-state index contributed by atoms with van der Waals surface area (Å²) < 4.78 is 5.77. The second-order valence-corrected chi connectivity index (χ2v) is 6.04. The van der Waals surface area contributed by atoms with Gasteiger partial charge in [-0.25, -0.2) is 0 Å². The maximum atomic E-state index is 12.5. The molecule has 1 aromatic carbocycles. The molecule has 4 heteroatoms. The molecule has 1 heterocycles. The molecular formula is C17H21NO2S. The van der Waals surface area contributed by atoms with Crippen molar-refractivity contribution in [1.82, 2.24) is 4.90 Å². The van der Waals surface area contributed by atoms with E-state index in [-0.39, 0.29) is 5.91 Å². The maximum Gasteiger partial charge on any atom is 0.263 e. The summed E-state index contributed by atoms with van der Waals surface area (Å²) in [6, 6.07) is 11.8. The molecule has 0 saturated carbocycles. The number of benzene rings is 1. The van der Waals surface area contributed by atoms with Gasteiger partial charge in [0.05, 0.1) is 6.54 Å². The second-order valence-electron chi connectivity index (χ2n) is 5.01. The topological polar surface area (TPSA) is 29.5 Å². The van der Waals surface area contributed by atoms with Crippen molar-refractivity contribution in [3.8, 4) is 5.75 Å². The van der Waals surface area contributed by atoms with Gasteiger partial charge in [-0.1, -0.05) is 18.2 Å². The van der Waals surface area contributed by atoms with Crippen LogP contribution in [-0.4, -0.2) is 23.5 Å². The molecule has 3 nitrogen and oxygen atoms in total. The van der Waals surface area contributed by atoms with E-state index in [9.17, 15) is 4.79 Å². The van der Waals surface area contributed by atoms with E-state index in [0.717, 1.165) is 11.3 Å². The summed E-state index contributed by atoms with van der Waals surface area (Å²) in [7, 11) is 0. The van der Waals surface area contributed by atoms with Crippen LogP contribution < -0.4 is 4.74 Å². The van der Waals surface area contributed by atoms with Crippen LogP contribution in [0.25, 0.3) is 0 Å². The number of hydrogen-bond acceptors (Lipinski definition) is 3. The molecule has 0 aliphatic carbocycles. The number of hydrogen-bond donors (Lipinski definition) is 0. The zero-order valence-corrected chi connectivity index (χ0v) is 13.5. The largest absolute Gasteiger partial charge is 0.481 e. The van der Waals surface area contributed by atoms with E-state index in [1.807, 2.05) is 67.4 Å². The Morgan fingerprint density at radius 2 is 2.14 bits per heavy atom. The molecule has 0 radical (unpaired) electrons. The fourth-order valence-electron chi connectivity index (χ4n) is 2.14. The Hall–Kier alpha value is -1.81. The Bertz CT molecular complexity index is 580. The first-order valence-electron chi connectivity index (χ1n) is 7.14. The molecule has 1 amide bonds. The number of thiophene rings is 1. The molecule has 21 heavy (non-hydrogen) atoms. The van der Waals surface area contributed by atoms with Crippen molar-refractivity contribution in [3.05, 3.63) is 52.2 Å². The number of carbonyl (C=O) groups is 1. The zero-order chi connectivity index (χ0) is 15.2. The highest BCUT2D eigenvalue weighted by molar-refractivity contribution is 7.09. The highest BCUT2D eigenvalue weighted by Crippen LogP contribution is 2.17. The lowest BCUT2D eigenvalue weighted by Crippen LogP contribution is -2.39. The number of aryl methyl sites for hydroxylation is 1. The van der Waals surface area contributed by atoms with E-state index in [1.54, 1.807) is 11.3 Å². The van der Waals surface area contributed by atoms with Crippen LogP contribution >= 0.6 is 11.3 Å². The Morgan fingerprint density at radius 3 is 2.76 bits per heavy atom. The van der Waals surface area contributed by atoms with Crippen molar-refractivity contribution in [2.75, 3.05) is 6.54 Å². The molecule has 2 rings (SSSR count). The molecule has 1 atom stereocenters. The average molecular weight is 303 g/mol. The van der Waals surface area contributed by atoms with Gasteiger partial charge in [-0.3, -0.25) is 4.79 Å². The van der Waals surface area contributed by atoms with Crippen LogP contribution in [0, 0.1) is 6.92 Å². The fraction of sp³-hybridized carbons (Fsp3) is 0.353. The van der Waals surface area contributed by atoms with Crippen LogP contribution in [0.4, 0.5) is 0 Å². The SMILES string of the molecule is CCN(Cc1cccs1)C(=O)C(C)Oc1cccc(C)c1. The number of rotatable bonds is 6. The zero-order valence-electron chi connectivity index (χ0n) is 12.7. The van der Waals surface area contributed by atoms with Gasteiger partial charge in [-0.15, -0.1) is 11.3 Å². The third-order valence-electron chi connectivity index (χ3n) is 3.27. The number of amides is 1. The smallest absolute Gasteiger partial charge is 0.263 e. The molecule has 0 aliphatic heterocycles. The molecule has 0 bridgehead atoms. The molecule has 0 aliphatic rings. The molecular weight excluding hydrogens is 282 g/mol. The van der Waals surface area contributed by atoms with Gasteiger partial charge in [0.25, 0.3) is 5.91 Å². The van der Waals surface area contributed by atoms with Gasteiger partial charge in [0.1, 0.15) is 5.75 Å². The standard InChI is InChI=1S/C17H21NO2S/c1-4-18(12-16-9-6-10-21-16)17(19)14(3)20-15-8-5-7-13(2)11-15/h5-11,14H,4,12H2,1-3H3. The molecule has 0 spiro atoms. The van der Waals surface area contributed by atoms with Gasteiger partial charge in [0, 0.05) is 11.4 Å². The minimum atomic E-state index is -0.480. The van der Waals surface area contributed by atoms with Crippen LogP contribution in [0.1, 0.15) is 24.3 Å². The van der Waals surface area contributed by atoms with E-state index < -0.39 is 6.10 Å². The Labute approximate surface area is 130 Å². The van der Waals surface area contributed by atoms with Crippen molar-refractivity contribution in [2.45, 2.75) is 33.4 Å². The highest BCUT2D eigenvalue weighted by atomic mass is 32.1. The van der Waals surface area contributed by atoms with Gasteiger partial charge in [0.15, 0.2) is 6.10 Å². The first-order chi connectivity index (χ1) is 10.1. The van der Waals surface area contributed by atoms with Gasteiger partial charge in [-0.2, -0.15) is 0 Å². The van der Waals surface area contributed by atoms with Gasteiger partial charge >= 0.3 is 0 Å². The van der Waals surface area contributed by atoms with Crippen LogP contribution in [0.15, 0.2) is 41.8 Å². The molecule has 1 aromatic heterocycles. The van der Waals surface area contributed by atoms with E-state index in [1.165, 1.54) is 4.88 Å². The van der Waals surface area contributed by atoms with E-state index in [2.05, 4.69) is 0 Å². The van der Waals surface area contributed by atoms with Crippen molar-refractivity contribution in [1.29, 1.82) is 0 Å². The van der Waals surface area contributed by atoms with E-state index >= 15 is 0 Å². The summed E-state index contributed by atoms with van der Waals surface area (Å²) in [6.45, 7) is 7.13. The Kier molecular flexibility index (Phi) is 5.39. The minimum Gasteiger partial charge on any atom is -0.481 e. The summed E-state index contributed by atoms with van der Waals surface area (Å²) in [6.07, 6.45) is -0.480. The Morgan fingerprint density at radius 1 is 1.33 bits per heavy atom. The average Bonchev–Trinajstić information content (AvgIpc) is 2.97. The van der Waals surface area contributed by atoms with Crippen molar-refractivity contribution < 1.29 is 9.53 Å². The lowest BCUT2D eigenvalue weighted by Gasteiger charge is -2.24. The van der Waals surface area contributed by atoms with E-state index in [0.29, 0.717) is 13.1 Å². The first kappa shape index (κ1) is 15.6. The lowest BCUT2D eigenvalue weighted by atomic mass is 10.2. The molecule has 2 aromatic rings. The first-order valence-corrected chi connectivity index (χ1v) is 8.02. The summed E-state index contributed by atoms with van der Waals surface area (Å²) >= 11 is 1.67. The van der Waals surface area contributed by atoms with Crippen molar-refractivity contribution in [3.63, 3.8) is 0 Å². The van der Waals surface area contributed by atoms with Crippen LogP contribution in [0.5, 0.6) is 5.75 Å². The summed E-state index contributed by atoms with van der Waals surface area (Å²) in [5, 5.41) is 2.03. The van der Waals surface area contributed by atoms with Crippen LogP contribution in [0.2, 0.25) is 0 Å². The maximum absolute atomic E-state index is 12.5. The highest BCUT2D eigenvalue weighted by Gasteiger charge is 2.21. The van der Waals surface area contributed by atoms with Crippen molar-refractivity contribution >= 4 is 17.2 Å². The molecule has 0 N–H and O–H groups in total. The number of nitrogens with zero attached hydrogens (tertiary/aromatic N) is 1. The van der Waals surface area contributed by atoms with Gasteiger partial charge in [0.2, 0.25) is 0 Å². The second kappa shape index (κ2) is 7.27. The third-order valence-corrected chi connectivity index (χ3v) is 4.13. The van der Waals surface area contributed by atoms with Gasteiger partial charge in [-0.05, 0) is 49.9 Å². The number of ether oxygens (including phenoxy) is 1. The lowest BCUT2D eigenvalue weighted by molar-refractivity contribution is -0.138. The fourth-order valence-corrected chi connectivity index (χ4v) is 2.86. The van der Waals surface area contributed by atoms with Crippen molar-refractivity contribution in [2.24, 2.45) is 0 Å². The molecule has 1 unspecified atom stereocenters. The minimum absolute atomic E-state index is 0.0207. The van der Waals surface area contributed by atoms with Crippen LogP contribution in [0.3, 0.4) is 0 Å². The summed E-state index contributed by atoms with van der Waals surface area (Å²) in [5.41, 5.74) is 1.12. The van der Waals surface area contributed by atoms with Gasteiger partial charge < -0.3 is 9.64 Å². The molecule has 112 valence electrons. The molecule has 0 fully saturated rings. The molecule has 0 saturated heterocycles. The quantitative estimate of drug-likeness (QED) is 0.810.